The van der Waals surface area contributed by atoms with Crippen LogP contribution in [0.2, 0.25) is 0 Å². The highest BCUT2D eigenvalue weighted by molar-refractivity contribution is 5.51. The van der Waals surface area contributed by atoms with E-state index in [0.717, 1.165) is 6.54 Å². The van der Waals surface area contributed by atoms with Crippen LogP contribution in [0.5, 0.6) is 0 Å². The molecular weight excluding hydrogens is 246 g/mol. The van der Waals surface area contributed by atoms with Crippen LogP contribution in [-0.4, -0.2) is 15.8 Å². The number of benzene rings is 1. The van der Waals surface area contributed by atoms with E-state index in [4.69, 9.17) is 0 Å². The van der Waals surface area contributed by atoms with Crippen LogP contribution in [0, 0.1) is 0 Å². The number of para-hydroxylation sites is 1. The van der Waals surface area contributed by atoms with Gasteiger partial charge in [-0.25, -0.2) is 0 Å². The predicted octanol–water partition coefficient (Wildman–Crippen LogP) is 4.31. The zero-order valence-electron chi connectivity index (χ0n) is 12.5. The van der Waals surface area contributed by atoms with Crippen LogP contribution in [0.3, 0.4) is 0 Å². The minimum absolute atomic E-state index is 0.514. The van der Waals surface area contributed by atoms with E-state index < -0.39 is 0 Å². The molecular formula is C17H25N3. The number of rotatable bonds is 8. The molecule has 0 fully saturated rings. The normalized spacial score (nSPS) is 12.3. The van der Waals surface area contributed by atoms with Gasteiger partial charge >= 0.3 is 0 Å². The van der Waals surface area contributed by atoms with Crippen molar-refractivity contribution in [2.75, 3.05) is 5.32 Å². The van der Waals surface area contributed by atoms with E-state index in [1.54, 1.807) is 0 Å². The molecule has 1 unspecified atom stereocenters. The largest absolute Gasteiger partial charge is 0.382 e. The van der Waals surface area contributed by atoms with E-state index in [1.807, 2.05) is 23.1 Å². The number of hydrogen-bond acceptors (Lipinski definition) is 2. The van der Waals surface area contributed by atoms with Gasteiger partial charge in [0.2, 0.25) is 0 Å². The predicted molar refractivity (Wildman–Crippen MR) is 85.0 cm³/mol. The third-order valence-electron chi connectivity index (χ3n) is 3.55. The molecule has 20 heavy (non-hydrogen) atoms. The Labute approximate surface area is 122 Å². The molecule has 2 aromatic rings. The van der Waals surface area contributed by atoms with Gasteiger partial charge < -0.3 is 5.32 Å². The maximum absolute atomic E-state index is 4.28. The Bertz CT molecular complexity index is 491. The second-order valence-electron chi connectivity index (χ2n) is 5.40. The Morgan fingerprint density at radius 3 is 2.80 bits per heavy atom. The number of unbranched alkanes of at least 4 members (excludes halogenated alkanes) is 2. The van der Waals surface area contributed by atoms with Crippen molar-refractivity contribution in [2.24, 2.45) is 0 Å². The Hall–Kier alpha value is -1.77. The van der Waals surface area contributed by atoms with E-state index in [-0.39, 0.29) is 0 Å². The fourth-order valence-corrected chi connectivity index (χ4v) is 2.41. The summed E-state index contributed by atoms with van der Waals surface area (Å²) in [6, 6.07) is 11.0. The Balaban J connectivity index is 1.96. The smallest absolute Gasteiger partial charge is 0.0679 e. The average molecular weight is 271 g/mol. The first-order chi connectivity index (χ1) is 9.79. The van der Waals surface area contributed by atoms with Gasteiger partial charge in [-0.2, -0.15) is 5.10 Å². The number of hydrogen-bond donors (Lipinski definition) is 1. The highest BCUT2D eigenvalue weighted by Crippen LogP contribution is 2.18. The van der Waals surface area contributed by atoms with Gasteiger partial charge in [0.1, 0.15) is 0 Å². The maximum atomic E-state index is 4.28. The third-order valence-corrected chi connectivity index (χ3v) is 3.55. The van der Waals surface area contributed by atoms with Crippen molar-refractivity contribution >= 4 is 5.69 Å². The molecule has 1 atom stereocenters. The minimum Gasteiger partial charge on any atom is -0.382 e. The number of nitrogens with zero attached hydrogens (tertiary/aromatic N) is 2. The Morgan fingerprint density at radius 2 is 2.05 bits per heavy atom. The van der Waals surface area contributed by atoms with Crippen LogP contribution >= 0.6 is 0 Å². The second-order valence-corrected chi connectivity index (χ2v) is 5.40. The molecule has 108 valence electrons. The van der Waals surface area contributed by atoms with Crippen LogP contribution in [0.1, 0.15) is 45.1 Å². The zero-order valence-corrected chi connectivity index (χ0v) is 12.5. The number of anilines is 1. The molecule has 0 aliphatic heterocycles. The second kappa shape index (κ2) is 7.73. The highest BCUT2D eigenvalue weighted by atomic mass is 15.3. The van der Waals surface area contributed by atoms with E-state index in [2.05, 4.69) is 48.5 Å². The summed E-state index contributed by atoms with van der Waals surface area (Å²) in [6.45, 7) is 5.33. The first kappa shape index (κ1) is 14.6. The molecule has 1 N–H and O–H groups in total. The first-order valence-corrected chi connectivity index (χ1v) is 7.61. The van der Waals surface area contributed by atoms with E-state index in [9.17, 15) is 0 Å². The van der Waals surface area contributed by atoms with Gasteiger partial charge in [0.05, 0.1) is 6.54 Å². The van der Waals surface area contributed by atoms with Crippen LogP contribution in [0.4, 0.5) is 5.69 Å². The molecule has 0 amide bonds. The molecule has 0 aliphatic carbocycles. The summed E-state index contributed by atoms with van der Waals surface area (Å²) < 4.78 is 1.96. The number of nitrogens with one attached hydrogen (secondary N) is 1. The van der Waals surface area contributed by atoms with Gasteiger partial charge in [-0.1, -0.05) is 44.4 Å². The van der Waals surface area contributed by atoms with E-state index in [1.165, 1.54) is 36.9 Å². The van der Waals surface area contributed by atoms with Crippen molar-refractivity contribution in [1.82, 2.24) is 9.78 Å². The van der Waals surface area contributed by atoms with Crippen molar-refractivity contribution in [1.29, 1.82) is 0 Å². The summed E-state index contributed by atoms with van der Waals surface area (Å²) in [5, 5.41) is 7.92. The van der Waals surface area contributed by atoms with Crippen molar-refractivity contribution in [2.45, 2.75) is 52.1 Å². The fraction of sp³-hybridized carbons (Fsp3) is 0.471. The van der Waals surface area contributed by atoms with Gasteiger partial charge in [-0.15, -0.1) is 0 Å². The lowest BCUT2D eigenvalue weighted by atomic mass is 10.1. The van der Waals surface area contributed by atoms with Gasteiger partial charge in [-0.05, 0) is 31.0 Å². The quantitative estimate of drug-likeness (QED) is 0.725. The van der Waals surface area contributed by atoms with Crippen molar-refractivity contribution in [3.8, 4) is 0 Å². The molecule has 3 nitrogen and oxygen atoms in total. The lowest BCUT2D eigenvalue weighted by molar-refractivity contribution is 0.613. The molecule has 1 aromatic carbocycles. The van der Waals surface area contributed by atoms with Crippen molar-refractivity contribution in [3.63, 3.8) is 0 Å². The Morgan fingerprint density at radius 1 is 1.20 bits per heavy atom. The third kappa shape index (κ3) is 4.41. The molecule has 0 aliphatic rings. The summed E-state index contributed by atoms with van der Waals surface area (Å²) in [5.74, 6) is 0. The minimum atomic E-state index is 0.514. The summed E-state index contributed by atoms with van der Waals surface area (Å²) in [6.07, 6.45) is 8.95. The summed E-state index contributed by atoms with van der Waals surface area (Å²) in [4.78, 5) is 0. The van der Waals surface area contributed by atoms with Crippen LogP contribution in [0.25, 0.3) is 0 Å². The molecule has 0 spiro atoms. The maximum Gasteiger partial charge on any atom is 0.0679 e. The lowest BCUT2D eigenvalue weighted by Crippen LogP contribution is -2.16. The molecule has 1 aromatic heterocycles. The lowest BCUT2D eigenvalue weighted by Gasteiger charge is -2.18. The molecule has 0 radical (unpaired) electrons. The molecule has 2 rings (SSSR count). The van der Waals surface area contributed by atoms with Crippen LogP contribution < -0.4 is 5.32 Å². The monoisotopic (exact) mass is 271 g/mol. The molecule has 0 bridgehead atoms. The van der Waals surface area contributed by atoms with Gasteiger partial charge in [0, 0.05) is 24.1 Å². The average Bonchev–Trinajstić information content (AvgIpc) is 2.94. The SMILES string of the molecule is CCCCCC(C)Nc1ccccc1Cn1cccn1. The number of aromatic nitrogens is 2. The Kier molecular flexibility index (Phi) is 5.66. The first-order valence-electron chi connectivity index (χ1n) is 7.61. The summed E-state index contributed by atoms with van der Waals surface area (Å²) in [5.41, 5.74) is 2.52. The van der Waals surface area contributed by atoms with Gasteiger partial charge in [0.25, 0.3) is 0 Å². The van der Waals surface area contributed by atoms with Gasteiger partial charge in [0.15, 0.2) is 0 Å². The van der Waals surface area contributed by atoms with E-state index in [0.29, 0.717) is 6.04 Å². The molecule has 0 saturated heterocycles. The van der Waals surface area contributed by atoms with Gasteiger partial charge in [-0.3, -0.25) is 4.68 Å². The standard InChI is InChI=1S/C17H25N3/c1-3-4-5-9-15(2)19-17-11-7-6-10-16(17)14-20-13-8-12-18-20/h6-8,10-13,15,19H,3-5,9,14H2,1-2H3. The fourth-order valence-electron chi connectivity index (χ4n) is 2.41. The van der Waals surface area contributed by atoms with Crippen LogP contribution in [0.15, 0.2) is 42.7 Å². The highest BCUT2D eigenvalue weighted by Gasteiger charge is 2.06. The van der Waals surface area contributed by atoms with Crippen LogP contribution in [-0.2, 0) is 6.54 Å². The van der Waals surface area contributed by atoms with E-state index >= 15 is 0 Å². The summed E-state index contributed by atoms with van der Waals surface area (Å²) in [7, 11) is 0. The van der Waals surface area contributed by atoms with Crippen molar-refractivity contribution in [3.05, 3.63) is 48.3 Å². The topological polar surface area (TPSA) is 29.9 Å². The van der Waals surface area contributed by atoms with Crippen molar-refractivity contribution < 1.29 is 0 Å². The zero-order chi connectivity index (χ0) is 14.2. The molecule has 3 heteroatoms. The molecule has 0 saturated carbocycles. The molecule has 1 heterocycles. The summed E-state index contributed by atoms with van der Waals surface area (Å²) >= 11 is 0.